The molecule has 0 bridgehead atoms. The van der Waals surface area contributed by atoms with Gasteiger partial charge in [-0.15, -0.1) is 20.4 Å². The molecule has 3 heterocycles. The van der Waals surface area contributed by atoms with Crippen molar-refractivity contribution in [3.8, 4) is 28.3 Å². The van der Waals surface area contributed by atoms with E-state index in [-0.39, 0.29) is 12.1 Å². The van der Waals surface area contributed by atoms with Gasteiger partial charge in [-0.05, 0) is 61.6 Å². The van der Waals surface area contributed by atoms with Crippen LogP contribution < -0.4 is 15.4 Å². The van der Waals surface area contributed by atoms with E-state index in [9.17, 15) is 4.39 Å². The maximum Gasteiger partial charge on any atom is 0.242 e. The van der Waals surface area contributed by atoms with Gasteiger partial charge in [-0.25, -0.2) is 14.4 Å². The van der Waals surface area contributed by atoms with Gasteiger partial charge >= 0.3 is 0 Å². The number of ether oxygens (including phenoxy) is 1. The zero-order chi connectivity index (χ0) is 24.5. The molecule has 3 aromatic heterocycles. The molecule has 6 rings (SSSR count). The highest BCUT2D eigenvalue weighted by Gasteiger charge is 2.28. The van der Waals surface area contributed by atoms with Gasteiger partial charge in [0.05, 0.1) is 30.1 Å². The molecule has 0 aliphatic heterocycles. The quantitative estimate of drug-likeness (QED) is 0.337. The number of hydrogen-bond donors (Lipinski definition) is 3. The Morgan fingerprint density at radius 2 is 1.81 bits per heavy atom. The summed E-state index contributed by atoms with van der Waals surface area (Å²) in [6, 6.07) is 7.12. The van der Waals surface area contributed by atoms with Crippen molar-refractivity contribution >= 4 is 11.8 Å². The van der Waals surface area contributed by atoms with E-state index in [0.717, 1.165) is 30.8 Å². The number of H-pyrrole nitrogens is 1. The number of aromatic nitrogens is 8. The van der Waals surface area contributed by atoms with Crippen LogP contribution >= 0.6 is 0 Å². The van der Waals surface area contributed by atoms with Gasteiger partial charge < -0.3 is 15.4 Å². The van der Waals surface area contributed by atoms with Crippen molar-refractivity contribution < 1.29 is 9.13 Å². The molecule has 2 saturated carbocycles. The first-order chi connectivity index (χ1) is 17.7. The zero-order valence-corrected chi connectivity index (χ0v) is 19.6. The number of nitrogens with zero attached hydrogens (tertiary/aromatic N) is 7. The summed E-state index contributed by atoms with van der Waals surface area (Å²) in [6.07, 6.45) is 8.73. The SMILES string of the molecule is COc1c(-c2nn[nH]n2)ccc(F)c1-c1ccc(NC2CCC(Nc3ncc(C4CC4)nn3)C2)nc1. The van der Waals surface area contributed by atoms with E-state index in [1.54, 1.807) is 12.3 Å². The van der Waals surface area contributed by atoms with Crippen LogP contribution in [0.1, 0.15) is 43.7 Å². The Morgan fingerprint density at radius 1 is 0.944 bits per heavy atom. The van der Waals surface area contributed by atoms with Crippen LogP contribution in [0.3, 0.4) is 0 Å². The fourth-order valence-electron chi connectivity index (χ4n) is 4.67. The number of rotatable bonds is 8. The third kappa shape index (κ3) is 4.53. The molecule has 2 atom stereocenters. The molecular formula is C24H25FN10O. The van der Waals surface area contributed by atoms with Crippen molar-refractivity contribution in [2.45, 2.75) is 50.1 Å². The molecule has 11 nitrogen and oxygen atoms in total. The fraction of sp³-hybridized carbons (Fsp3) is 0.375. The van der Waals surface area contributed by atoms with Gasteiger partial charge in [0.2, 0.25) is 11.8 Å². The van der Waals surface area contributed by atoms with Gasteiger partial charge in [0, 0.05) is 29.8 Å². The lowest BCUT2D eigenvalue weighted by Crippen LogP contribution is -2.22. The van der Waals surface area contributed by atoms with Crippen LogP contribution in [0.25, 0.3) is 22.5 Å². The number of tetrazole rings is 1. The maximum atomic E-state index is 14.8. The number of aromatic amines is 1. The highest BCUT2D eigenvalue weighted by molar-refractivity contribution is 5.80. The molecule has 2 unspecified atom stereocenters. The summed E-state index contributed by atoms with van der Waals surface area (Å²) < 4.78 is 20.4. The van der Waals surface area contributed by atoms with Crippen molar-refractivity contribution in [1.29, 1.82) is 0 Å². The van der Waals surface area contributed by atoms with E-state index in [2.05, 4.69) is 51.4 Å². The molecule has 4 aromatic rings. The largest absolute Gasteiger partial charge is 0.495 e. The van der Waals surface area contributed by atoms with Crippen LogP contribution in [0.15, 0.2) is 36.7 Å². The molecule has 0 radical (unpaired) electrons. The lowest BCUT2D eigenvalue weighted by molar-refractivity contribution is 0.415. The Balaban J connectivity index is 1.12. The van der Waals surface area contributed by atoms with Crippen molar-refractivity contribution in [3.05, 3.63) is 48.2 Å². The number of benzene rings is 1. The van der Waals surface area contributed by atoms with Crippen LogP contribution in [-0.2, 0) is 0 Å². The Morgan fingerprint density at radius 3 is 2.47 bits per heavy atom. The van der Waals surface area contributed by atoms with Crippen molar-refractivity contribution in [3.63, 3.8) is 0 Å². The summed E-state index contributed by atoms with van der Waals surface area (Å²) in [5, 5.41) is 29.4. The van der Waals surface area contributed by atoms with Crippen molar-refractivity contribution in [1.82, 2.24) is 40.8 Å². The predicted octanol–water partition coefficient (Wildman–Crippen LogP) is 3.58. The average molecular weight is 489 g/mol. The van der Waals surface area contributed by atoms with E-state index in [1.807, 2.05) is 18.3 Å². The number of methoxy groups -OCH3 is 1. The number of anilines is 2. The molecular weight excluding hydrogens is 463 g/mol. The van der Waals surface area contributed by atoms with E-state index in [1.165, 1.54) is 26.0 Å². The normalized spacial score (nSPS) is 19.3. The molecule has 2 fully saturated rings. The van der Waals surface area contributed by atoms with Gasteiger partial charge in [0.1, 0.15) is 17.4 Å². The minimum atomic E-state index is -0.423. The number of hydrogen-bond acceptors (Lipinski definition) is 10. The maximum absolute atomic E-state index is 14.8. The second-order valence-electron chi connectivity index (χ2n) is 9.15. The van der Waals surface area contributed by atoms with E-state index < -0.39 is 5.82 Å². The fourth-order valence-corrected chi connectivity index (χ4v) is 4.67. The van der Waals surface area contributed by atoms with Gasteiger partial charge in [0.25, 0.3) is 0 Å². The Hall–Kier alpha value is -4.22. The Labute approximate surface area is 206 Å². The minimum absolute atomic E-state index is 0.257. The lowest BCUT2D eigenvalue weighted by atomic mass is 10.0. The van der Waals surface area contributed by atoms with Gasteiger partial charge in [-0.3, -0.25) is 0 Å². The molecule has 2 aliphatic rings. The van der Waals surface area contributed by atoms with Crippen LogP contribution in [0.2, 0.25) is 0 Å². The van der Waals surface area contributed by atoms with Gasteiger partial charge in [-0.2, -0.15) is 5.21 Å². The first-order valence-electron chi connectivity index (χ1n) is 12.0. The van der Waals surface area contributed by atoms with Crippen LogP contribution in [0.5, 0.6) is 5.75 Å². The van der Waals surface area contributed by atoms with Crippen LogP contribution in [-0.4, -0.2) is 60.0 Å². The third-order valence-corrected chi connectivity index (χ3v) is 6.64. The smallest absolute Gasteiger partial charge is 0.242 e. The zero-order valence-electron chi connectivity index (χ0n) is 19.6. The summed E-state index contributed by atoms with van der Waals surface area (Å²) in [6.45, 7) is 0. The topological polar surface area (TPSA) is 139 Å². The van der Waals surface area contributed by atoms with Crippen molar-refractivity contribution in [2.75, 3.05) is 17.7 Å². The van der Waals surface area contributed by atoms with Crippen molar-refractivity contribution in [2.24, 2.45) is 0 Å². The summed E-state index contributed by atoms with van der Waals surface area (Å²) in [7, 11) is 1.48. The third-order valence-electron chi connectivity index (χ3n) is 6.64. The molecule has 2 aliphatic carbocycles. The van der Waals surface area contributed by atoms with Gasteiger partial charge in [-0.1, -0.05) is 0 Å². The summed E-state index contributed by atoms with van der Waals surface area (Å²) >= 11 is 0. The van der Waals surface area contributed by atoms with Crippen LogP contribution in [0.4, 0.5) is 16.2 Å². The Bertz CT molecular complexity index is 1330. The number of halogens is 1. The molecule has 36 heavy (non-hydrogen) atoms. The molecule has 0 saturated heterocycles. The molecule has 3 N–H and O–H groups in total. The first kappa shape index (κ1) is 22.3. The van der Waals surface area contributed by atoms with E-state index >= 15 is 0 Å². The van der Waals surface area contributed by atoms with Crippen LogP contribution in [0, 0.1) is 5.82 Å². The summed E-state index contributed by atoms with van der Waals surface area (Å²) in [5.41, 5.74) is 2.41. The lowest BCUT2D eigenvalue weighted by Gasteiger charge is -2.16. The van der Waals surface area contributed by atoms with Gasteiger partial charge in [0.15, 0.2) is 0 Å². The number of nitrogens with one attached hydrogen (secondary N) is 3. The van der Waals surface area contributed by atoms with E-state index in [4.69, 9.17) is 4.74 Å². The average Bonchev–Trinajstić information content (AvgIpc) is 3.42. The minimum Gasteiger partial charge on any atom is -0.495 e. The monoisotopic (exact) mass is 488 g/mol. The molecule has 12 heteroatoms. The predicted molar refractivity (Wildman–Crippen MR) is 130 cm³/mol. The highest BCUT2D eigenvalue weighted by Crippen LogP contribution is 2.40. The second kappa shape index (κ2) is 9.44. The molecule has 1 aromatic carbocycles. The molecule has 184 valence electrons. The van der Waals surface area contributed by atoms with E-state index in [0.29, 0.717) is 40.1 Å². The first-order valence-corrected chi connectivity index (χ1v) is 12.0. The second-order valence-corrected chi connectivity index (χ2v) is 9.15. The summed E-state index contributed by atoms with van der Waals surface area (Å²) in [5.74, 6) is 2.07. The highest BCUT2D eigenvalue weighted by atomic mass is 19.1. The summed E-state index contributed by atoms with van der Waals surface area (Å²) in [4.78, 5) is 8.95. The number of pyridine rings is 1. The Kier molecular flexibility index (Phi) is 5.84. The molecule has 0 spiro atoms. The molecule has 0 amide bonds. The standard InChI is InChI=1S/C24H25FN10O/c1-36-22-17(23-31-34-35-32-23)7-8-18(25)21(22)14-4-9-20(26-11-14)28-15-5-6-16(10-15)29-24-27-12-19(30-33-24)13-2-3-13/h4,7-9,11-13,15-16H,2-3,5-6,10H2,1H3,(H,26,28)(H,27,29,33)(H,31,32,34,35).